The van der Waals surface area contributed by atoms with Crippen molar-refractivity contribution in [1.29, 1.82) is 0 Å². The van der Waals surface area contributed by atoms with Gasteiger partial charge in [-0.3, -0.25) is 9.78 Å². The predicted octanol–water partition coefficient (Wildman–Crippen LogP) is 4.32. The van der Waals surface area contributed by atoms with Crippen molar-refractivity contribution < 1.29 is 27.1 Å². The maximum absolute atomic E-state index is 13.8. The lowest BCUT2D eigenvalue weighted by molar-refractivity contribution is -0.139. The lowest BCUT2D eigenvalue weighted by Gasteiger charge is -2.17. The second kappa shape index (κ2) is 5.18. The van der Waals surface area contributed by atoms with Gasteiger partial charge in [0.15, 0.2) is 0 Å². The fourth-order valence-electron chi connectivity index (χ4n) is 2.41. The maximum Gasteiger partial charge on any atom is 0.420 e. The minimum atomic E-state index is -4.92. The van der Waals surface area contributed by atoms with Crippen LogP contribution in [-0.4, -0.2) is 11.0 Å². The van der Waals surface area contributed by atoms with Gasteiger partial charge in [0.2, 0.25) is 0 Å². The molecule has 1 aromatic heterocycles. The number of hydrogen-bond donors (Lipinski definition) is 0. The van der Waals surface area contributed by atoms with Gasteiger partial charge in [-0.2, -0.15) is 13.2 Å². The van der Waals surface area contributed by atoms with E-state index in [9.17, 15) is 22.4 Å². The first kappa shape index (κ1) is 15.7. The molecular formula is C16H13F4NO2. The highest BCUT2D eigenvalue weighted by Crippen LogP contribution is 2.43. The van der Waals surface area contributed by atoms with E-state index in [0.29, 0.717) is 24.1 Å². The smallest absolute Gasteiger partial charge is 0.420 e. The van der Waals surface area contributed by atoms with Crippen LogP contribution in [-0.2, 0) is 11.0 Å². The van der Waals surface area contributed by atoms with Gasteiger partial charge in [-0.1, -0.05) is 0 Å². The Morgan fingerprint density at radius 1 is 1.26 bits per heavy atom. The topological polar surface area (TPSA) is 39.2 Å². The van der Waals surface area contributed by atoms with Crippen LogP contribution >= 0.6 is 0 Å². The second-order valence-electron chi connectivity index (χ2n) is 5.66. The number of pyridine rings is 1. The molecule has 1 aliphatic rings. The number of benzene rings is 1. The first-order valence-electron chi connectivity index (χ1n) is 7.08. The normalized spacial score (nSPS) is 15.0. The number of nitrogens with zero attached hydrogens (tertiary/aromatic N) is 1. The molecule has 3 rings (SSSR count). The molecule has 1 aliphatic carbocycles. The van der Waals surface area contributed by atoms with E-state index >= 15 is 0 Å². The third kappa shape index (κ3) is 2.75. The molecule has 0 unspecified atom stereocenters. The molecule has 7 heteroatoms. The Labute approximate surface area is 129 Å². The Bertz CT molecular complexity index is 810. The van der Waals surface area contributed by atoms with E-state index in [2.05, 4.69) is 4.98 Å². The van der Waals surface area contributed by atoms with Gasteiger partial charge >= 0.3 is 12.1 Å². The first-order chi connectivity index (χ1) is 10.7. The van der Waals surface area contributed by atoms with E-state index in [0.717, 1.165) is 12.1 Å². The average Bonchev–Trinajstić information content (AvgIpc) is 3.27. The average molecular weight is 327 g/mol. The van der Waals surface area contributed by atoms with Gasteiger partial charge in [-0.25, -0.2) is 4.39 Å². The summed E-state index contributed by atoms with van der Waals surface area (Å²) in [6, 6.07) is 1.88. The molecular weight excluding hydrogens is 314 g/mol. The molecule has 0 saturated heterocycles. The quantitative estimate of drug-likeness (QED) is 0.609. The molecule has 0 bridgehead atoms. The fourth-order valence-corrected chi connectivity index (χ4v) is 2.41. The Balaban J connectivity index is 2.32. The maximum atomic E-state index is 13.8. The molecule has 1 saturated carbocycles. The molecule has 0 radical (unpaired) electrons. The summed E-state index contributed by atoms with van der Waals surface area (Å²) in [5, 5.41) is -0.505. The number of halogens is 4. The van der Waals surface area contributed by atoms with Crippen LogP contribution in [0.15, 0.2) is 12.1 Å². The molecule has 122 valence electrons. The van der Waals surface area contributed by atoms with E-state index in [-0.39, 0.29) is 17.2 Å². The Hall–Kier alpha value is -2.18. The van der Waals surface area contributed by atoms with E-state index < -0.39 is 28.9 Å². The summed E-state index contributed by atoms with van der Waals surface area (Å²) in [6.07, 6.45) is -3.62. The summed E-state index contributed by atoms with van der Waals surface area (Å²) in [5.41, 5.74) is -0.789. The third-order valence-corrected chi connectivity index (χ3v) is 3.93. The highest BCUT2D eigenvalue weighted by atomic mass is 19.4. The van der Waals surface area contributed by atoms with Gasteiger partial charge < -0.3 is 4.74 Å². The zero-order valence-corrected chi connectivity index (χ0v) is 12.4. The summed E-state index contributed by atoms with van der Waals surface area (Å²) in [5.74, 6) is -2.55. The third-order valence-electron chi connectivity index (χ3n) is 3.93. The molecule has 3 nitrogen and oxygen atoms in total. The van der Waals surface area contributed by atoms with Crippen LogP contribution in [0.1, 0.15) is 29.7 Å². The Morgan fingerprint density at radius 2 is 1.91 bits per heavy atom. The molecule has 1 aromatic carbocycles. The summed E-state index contributed by atoms with van der Waals surface area (Å²) in [6.45, 7) is 3.10. The zero-order chi connectivity index (χ0) is 16.9. The predicted molar refractivity (Wildman–Crippen MR) is 74.5 cm³/mol. The highest BCUT2D eigenvalue weighted by molar-refractivity contribution is 5.93. The second-order valence-corrected chi connectivity index (χ2v) is 5.66. The zero-order valence-electron chi connectivity index (χ0n) is 12.4. The molecule has 0 N–H and O–H groups in total. The number of aryl methyl sites for hydroxylation is 1. The van der Waals surface area contributed by atoms with Crippen LogP contribution in [0, 0.1) is 25.6 Å². The minimum Gasteiger partial charge on any atom is -0.425 e. The van der Waals surface area contributed by atoms with Gasteiger partial charge in [0.25, 0.3) is 0 Å². The molecule has 2 aromatic rings. The largest absolute Gasteiger partial charge is 0.425 e. The number of carbonyl (C=O) groups excluding carboxylic acids is 1. The number of carbonyl (C=O) groups is 1. The van der Waals surface area contributed by atoms with Gasteiger partial charge in [0.05, 0.1) is 16.8 Å². The molecule has 1 fully saturated rings. The van der Waals surface area contributed by atoms with Crippen LogP contribution < -0.4 is 4.74 Å². The van der Waals surface area contributed by atoms with Crippen LogP contribution in [0.5, 0.6) is 5.75 Å². The van der Waals surface area contributed by atoms with Gasteiger partial charge in [0, 0.05) is 11.3 Å². The Morgan fingerprint density at radius 3 is 2.48 bits per heavy atom. The van der Waals surface area contributed by atoms with Crippen molar-refractivity contribution in [1.82, 2.24) is 4.98 Å². The first-order valence-corrected chi connectivity index (χ1v) is 7.08. The van der Waals surface area contributed by atoms with Crippen LogP contribution in [0.2, 0.25) is 0 Å². The summed E-state index contributed by atoms with van der Waals surface area (Å²) in [7, 11) is 0. The molecule has 0 amide bonds. The monoisotopic (exact) mass is 327 g/mol. The van der Waals surface area contributed by atoms with Crippen molar-refractivity contribution in [3.05, 3.63) is 34.8 Å². The number of aromatic nitrogens is 1. The lowest BCUT2D eigenvalue weighted by Crippen LogP contribution is -2.15. The van der Waals surface area contributed by atoms with Gasteiger partial charge in [-0.05, 0) is 38.8 Å². The number of ether oxygens (including phenoxy) is 1. The number of hydrogen-bond acceptors (Lipinski definition) is 3. The number of alkyl halides is 3. The van der Waals surface area contributed by atoms with Crippen molar-refractivity contribution in [3.63, 3.8) is 0 Å². The van der Waals surface area contributed by atoms with Crippen molar-refractivity contribution in [2.45, 2.75) is 32.9 Å². The van der Waals surface area contributed by atoms with E-state index in [4.69, 9.17) is 4.74 Å². The van der Waals surface area contributed by atoms with Crippen molar-refractivity contribution in [2.24, 2.45) is 5.92 Å². The number of fused-ring (bicyclic) bond motifs is 1. The number of rotatable bonds is 2. The summed E-state index contributed by atoms with van der Waals surface area (Å²) in [4.78, 5) is 16.0. The number of esters is 1. The van der Waals surface area contributed by atoms with Crippen molar-refractivity contribution in [2.75, 3.05) is 0 Å². The highest BCUT2D eigenvalue weighted by Gasteiger charge is 2.39. The SMILES string of the molecule is Cc1nc2ccc(F)c(C(F)(F)F)c2c(OC(=O)C2CC2)c1C. The van der Waals surface area contributed by atoms with Crippen LogP contribution in [0.25, 0.3) is 10.9 Å². The fraction of sp³-hybridized carbons (Fsp3) is 0.375. The molecule has 23 heavy (non-hydrogen) atoms. The molecule has 0 aliphatic heterocycles. The van der Waals surface area contributed by atoms with Gasteiger partial charge in [0.1, 0.15) is 17.1 Å². The van der Waals surface area contributed by atoms with Crippen LogP contribution in [0.3, 0.4) is 0 Å². The standard InChI is InChI=1S/C16H13F4NO2/c1-7-8(2)21-11-6-5-10(17)13(16(18,19)20)12(11)14(7)23-15(22)9-3-4-9/h5-6,9H,3-4H2,1-2H3. The van der Waals surface area contributed by atoms with E-state index in [1.807, 2.05) is 0 Å². The summed E-state index contributed by atoms with van der Waals surface area (Å²) >= 11 is 0. The minimum absolute atomic E-state index is 0.0552. The molecule has 1 heterocycles. The van der Waals surface area contributed by atoms with Gasteiger partial charge in [-0.15, -0.1) is 0 Å². The van der Waals surface area contributed by atoms with Crippen molar-refractivity contribution >= 4 is 16.9 Å². The molecule has 0 spiro atoms. The summed E-state index contributed by atoms with van der Waals surface area (Å²) < 4.78 is 58.9. The Kier molecular flexibility index (Phi) is 3.54. The molecule has 0 atom stereocenters. The van der Waals surface area contributed by atoms with E-state index in [1.54, 1.807) is 6.92 Å². The lowest BCUT2D eigenvalue weighted by atomic mass is 10.0. The van der Waals surface area contributed by atoms with Crippen LogP contribution in [0.4, 0.5) is 17.6 Å². The van der Waals surface area contributed by atoms with Crippen molar-refractivity contribution in [3.8, 4) is 5.75 Å². The van der Waals surface area contributed by atoms with E-state index in [1.165, 1.54) is 6.92 Å².